The van der Waals surface area contributed by atoms with Crippen LogP contribution < -0.4 is 15.8 Å². The molecule has 1 aliphatic rings. The largest absolute Gasteiger partial charge is 0.497 e. The lowest BCUT2D eigenvalue weighted by molar-refractivity contribution is -0.122. The third-order valence-electron chi connectivity index (χ3n) is 5.75. The number of hydrogen-bond donors (Lipinski definition) is 3. The van der Waals surface area contributed by atoms with Crippen LogP contribution in [0.1, 0.15) is 17.5 Å². The van der Waals surface area contributed by atoms with Gasteiger partial charge < -0.3 is 20.0 Å². The molecule has 2 aromatic heterocycles. The number of rotatable bonds is 6. The van der Waals surface area contributed by atoms with Crippen LogP contribution in [0.15, 0.2) is 54.9 Å². The van der Waals surface area contributed by atoms with E-state index in [2.05, 4.69) is 14.9 Å². The summed E-state index contributed by atoms with van der Waals surface area (Å²) in [5.74, 6) is -0.0518. The van der Waals surface area contributed by atoms with Gasteiger partial charge in [-0.25, -0.2) is 0 Å². The molecule has 0 fully saturated rings. The Hall–Kier alpha value is -3.84. The molecule has 1 aliphatic heterocycles. The molecule has 7 heteroatoms. The molecule has 2 amide bonds. The summed E-state index contributed by atoms with van der Waals surface area (Å²) in [5.41, 5.74) is 9.77. The minimum absolute atomic E-state index is 0.385. The van der Waals surface area contributed by atoms with Crippen LogP contribution in [0.3, 0.4) is 0 Å². The number of H-pyrrole nitrogens is 1. The fourth-order valence-corrected chi connectivity index (χ4v) is 4.29. The second-order valence-electron chi connectivity index (χ2n) is 7.54. The van der Waals surface area contributed by atoms with Gasteiger partial charge in [0.2, 0.25) is 0 Å². The van der Waals surface area contributed by atoms with E-state index in [1.54, 1.807) is 13.3 Å². The number of aromatic nitrogens is 2. The maximum absolute atomic E-state index is 13.0. The maximum Gasteiger partial charge on any atom is 0.259 e. The fraction of sp³-hybridized carbons (Fsp3) is 0.167. The smallest absolute Gasteiger partial charge is 0.259 e. The predicted octanol–water partition coefficient (Wildman–Crippen LogP) is 3.05. The highest BCUT2D eigenvalue weighted by Gasteiger charge is 2.35. The molecule has 4 aromatic rings. The number of fused-ring (bicyclic) bond motifs is 2. The Balaban J connectivity index is 1.79. The van der Waals surface area contributed by atoms with Crippen LogP contribution in [0.25, 0.3) is 33.0 Å². The van der Waals surface area contributed by atoms with Crippen LogP contribution in [0.2, 0.25) is 0 Å². The van der Waals surface area contributed by atoms with E-state index in [9.17, 15) is 9.59 Å². The van der Waals surface area contributed by atoms with Crippen molar-refractivity contribution in [3.63, 3.8) is 0 Å². The van der Waals surface area contributed by atoms with Gasteiger partial charge in [0.05, 0.1) is 23.8 Å². The van der Waals surface area contributed by atoms with Gasteiger partial charge in [-0.15, -0.1) is 0 Å². The van der Waals surface area contributed by atoms with Gasteiger partial charge in [0.1, 0.15) is 5.75 Å². The molecule has 5 rings (SSSR count). The van der Waals surface area contributed by atoms with E-state index < -0.39 is 0 Å². The van der Waals surface area contributed by atoms with E-state index in [4.69, 9.17) is 10.5 Å². The Kier molecular flexibility index (Phi) is 4.60. The first-order valence-electron chi connectivity index (χ1n) is 10.2. The third-order valence-corrected chi connectivity index (χ3v) is 5.75. The number of nitrogens with two attached hydrogens (primary N) is 1. The van der Waals surface area contributed by atoms with Crippen molar-refractivity contribution in [3.8, 4) is 5.75 Å². The first kappa shape index (κ1) is 19.1. The zero-order valence-corrected chi connectivity index (χ0v) is 17.1. The molecule has 0 unspecified atom stereocenters. The van der Waals surface area contributed by atoms with Crippen LogP contribution >= 0.6 is 0 Å². The number of ether oxygens (including phenoxy) is 1. The molecule has 0 radical (unpaired) electrons. The van der Waals surface area contributed by atoms with Crippen molar-refractivity contribution >= 4 is 44.8 Å². The highest BCUT2D eigenvalue weighted by molar-refractivity contribution is 6.50. The number of carbonyl (C=O) groups excluding carboxylic acids is 2. The number of methoxy groups -OCH3 is 1. The topological polar surface area (TPSA) is 102 Å². The third kappa shape index (κ3) is 3.02. The highest BCUT2D eigenvalue weighted by atomic mass is 16.5. The summed E-state index contributed by atoms with van der Waals surface area (Å²) in [5, 5.41) is 4.27. The molecule has 3 heterocycles. The van der Waals surface area contributed by atoms with Crippen LogP contribution in [-0.2, 0) is 16.1 Å². The van der Waals surface area contributed by atoms with Crippen LogP contribution in [0.4, 0.5) is 0 Å². The molecule has 4 N–H and O–H groups in total. The molecule has 0 bridgehead atoms. The highest BCUT2D eigenvalue weighted by Crippen LogP contribution is 2.39. The van der Waals surface area contributed by atoms with Crippen LogP contribution in [0, 0.1) is 0 Å². The van der Waals surface area contributed by atoms with Crippen molar-refractivity contribution in [3.05, 3.63) is 66.0 Å². The molecule has 0 saturated heterocycles. The van der Waals surface area contributed by atoms with Crippen molar-refractivity contribution in [2.75, 3.05) is 13.7 Å². The summed E-state index contributed by atoms with van der Waals surface area (Å²) in [6.07, 6.45) is 4.51. The minimum atomic E-state index is -0.390. The minimum Gasteiger partial charge on any atom is -0.497 e. The number of para-hydroxylation sites is 1. The van der Waals surface area contributed by atoms with Gasteiger partial charge >= 0.3 is 0 Å². The number of nitrogens with zero attached hydrogens (tertiary/aromatic N) is 1. The first-order valence-corrected chi connectivity index (χ1v) is 10.2. The number of amides is 2. The zero-order chi connectivity index (χ0) is 21.5. The lowest BCUT2D eigenvalue weighted by Gasteiger charge is -2.05. The van der Waals surface area contributed by atoms with Gasteiger partial charge in [0.15, 0.2) is 0 Å². The molecular weight excluding hydrogens is 392 g/mol. The summed E-state index contributed by atoms with van der Waals surface area (Å²) in [6, 6.07) is 13.5. The zero-order valence-electron chi connectivity index (χ0n) is 17.1. The van der Waals surface area contributed by atoms with E-state index in [1.807, 2.05) is 48.7 Å². The van der Waals surface area contributed by atoms with Gasteiger partial charge in [-0.2, -0.15) is 0 Å². The molecule has 0 saturated carbocycles. The second-order valence-corrected chi connectivity index (χ2v) is 7.54. The van der Waals surface area contributed by atoms with Crippen LogP contribution in [-0.4, -0.2) is 35.0 Å². The summed E-state index contributed by atoms with van der Waals surface area (Å²) >= 11 is 0. The summed E-state index contributed by atoms with van der Waals surface area (Å²) < 4.78 is 7.46. The van der Waals surface area contributed by atoms with Crippen LogP contribution in [0.5, 0.6) is 5.75 Å². The summed E-state index contributed by atoms with van der Waals surface area (Å²) in [7, 11) is 1.62. The quantitative estimate of drug-likeness (QED) is 0.422. The van der Waals surface area contributed by atoms with Crippen molar-refractivity contribution in [1.29, 1.82) is 0 Å². The average molecular weight is 414 g/mol. The normalized spacial score (nSPS) is 14.1. The van der Waals surface area contributed by atoms with Crippen molar-refractivity contribution in [2.45, 2.75) is 13.0 Å². The number of aromatic amines is 1. The van der Waals surface area contributed by atoms with Gasteiger partial charge in [-0.3, -0.25) is 14.9 Å². The van der Waals surface area contributed by atoms with Gasteiger partial charge in [-0.1, -0.05) is 18.2 Å². The van der Waals surface area contributed by atoms with Gasteiger partial charge in [-0.05, 0) is 31.2 Å². The molecule has 31 heavy (non-hydrogen) atoms. The lowest BCUT2D eigenvalue weighted by atomic mass is 9.95. The van der Waals surface area contributed by atoms with Crippen molar-refractivity contribution < 1.29 is 14.3 Å². The van der Waals surface area contributed by atoms with Crippen molar-refractivity contribution in [1.82, 2.24) is 14.9 Å². The number of carbonyl (C=O) groups is 2. The Bertz CT molecular complexity index is 1380. The van der Waals surface area contributed by atoms with E-state index in [0.29, 0.717) is 29.8 Å². The molecule has 0 atom stereocenters. The second kappa shape index (κ2) is 7.45. The average Bonchev–Trinajstić information content (AvgIpc) is 3.44. The number of imide groups is 1. The molecule has 0 aliphatic carbocycles. The monoisotopic (exact) mass is 414 g/mol. The standard InChI is InChI=1S/C24H22N4O3/c1-31-14-7-8-16-18(13-28(10-4-9-25)20(16)11-14)22-21(23(29)27-24(22)30)17-12-26-19-6-3-2-5-15(17)19/h2-3,5-8,11-13,26H,4,9-10,25H2,1H3,(H,27,29,30). The summed E-state index contributed by atoms with van der Waals surface area (Å²) in [4.78, 5) is 29.0. The molecule has 2 aromatic carbocycles. The molecular formula is C24H22N4O3. The Labute approximate surface area is 178 Å². The van der Waals surface area contributed by atoms with E-state index in [-0.39, 0.29) is 11.8 Å². The number of hydrogen-bond acceptors (Lipinski definition) is 4. The number of aryl methyl sites for hydroxylation is 1. The molecule has 156 valence electrons. The fourth-order valence-electron chi connectivity index (χ4n) is 4.29. The molecule has 0 spiro atoms. The predicted molar refractivity (Wildman–Crippen MR) is 120 cm³/mol. The summed E-state index contributed by atoms with van der Waals surface area (Å²) in [6.45, 7) is 1.26. The first-order chi connectivity index (χ1) is 15.1. The molecule has 7 nitrogen and oxygen atoms in total. The lowest BCUT2D eigenvalue weighted by Crippen LogP contribution is -2.22. The van der Waals surface area contributed by atoms with E-state index in [0.717, 1.165) is 39.5 Å². The van der Waals surface area contributed by atoms with Crippen molar-refractivity contribution in [2.24, 2.45) is 5.73 Å². The number of nitrogens with one attached hydrogen (secondary N) is 2. The van der Waals surface area contributed by atoms with E-state index >= 15 is 0 Å². The maximum atomic E-state index is 13.0. The SMILES string of the molecule is COc1ccc2c(C3=C(c4c[nH]c5ccccc45)C(=O)NC3=O)cn(CCCN)c2c1. The van der Waals surface area contributed by atoms with Gasteiger partial charge in [0, 0.05) is 52.4 Å². The Morgan fingerprint density at radius 1 is 1.00 bits per heavy atom. The Morgan fingerprint density at radius 3 is 2.55 bits per heavy atom. The van der Waals surface area contributed by atoms with Gasteiger partial charge in [0.25, 0.3) is 11.8 Å². The van der Waals surface area contributed by atoms with E-state index in [1.165, 1.54) is 0 Å². The number of benzene rings is 2. The Morgan fingerprint density at radius 2 is 1.77 bits per heavy atom.